The average Bonchev–Trinajstić information content (AvgIpc) is 2.91. The van der Waals surface area contributed by atoms with E-state index in [1.807, 2.05) is 0 Å². The molecule has 4 unspecified atom stereocenters. The van der Waals surface area contributed by atoms with Crippen molar-refractivity contribution in [3.63, 3.8) is 0 Å². The normalized spacial score (nSPS) is 57.5. The number of halogens is 1. The van der Waals surface area contributed by atoms with Crippen LogP contribution in [0.1, 0.15) is 65.7 Å². The second-order valence-corrected chi connectivity index (χ2v) is 9.93. The second kappa shape index (κ2) is 5.77. The number of aliphatic hydroxyl groups is 2. The summed E-state index contributed by atoms with van der Waals surface area (Å²) in [5.74, 6) is 0.852. The van der Waals surface area contributed by atoms with Gasteiger partial charge in [-0.05, 0) is 91.9 Å². The molecule has 4 rings (SSSR count). The van der Waals surface area contributed by atoms with Gasteiger partial charge in [-0.1, -0.05) is 13.8 Å². The summed E-state index contributed by atoms with van der Waals surface area (Å²) in [6, 6.07) is 0.139. The molecule has 0 aromatic heterocycles. The Hall–Kier alpha value is -0.450. The van der Waals surface area contributed by atoms with Gasteiger partial charge >= 0.3 is 0 Å². The molecular formula is C21H34FNO2. The van der Waals surface area contributed by atoms with E-state index in [0.29, 0.717) is 5.92 Å². The molecule has 4 fully saturated rings. The van der Waals surface area contributed by atoms with E-state index < -0.39 is 12.2 Å². The lowest BCUT2D eigenvalue weighted by atomic mass is 9.43. The molecule has 25 heavy (non-hydrogen) atoms. The van der Waals surface area contributed by atoms with Crippen molar-refractivity contribution in [3.8, 4) is 0 Å². The molecule has 4 aliphatic rings. The Balaban J connectivity index is 1.73. The predicted octanol–water partition coefficient (Wildman–Crippen LogP) is 3.54. The van der Waals surface area contributed by atoms with Crippen LogP contribution in [0, 0.1) is 34.5 Å². The Morgan fingerprint density at radius 1 is 1.04 bits per heavy atom. The number of rotatable bonds is 0. The summed E-state index contributed by atoms with van der Waals surface area (Å²) in [6.45, 7) is 6.11. The molecule has 4 N–H and O–H groups in total. The third-order valence-electron chi connectivity index (χ3n) is 8.99. The lowest BCUT2D eigenvalue weighted by molar-refractivity contribution is -0.210. The van der Waals surface area contributed by atoms with Gasteiger partial charge in [0.05, 0.1) is 18.0 Å². The Morgan fingerprint density at radius 2 is 1.76 bits per heavy atom. The average molecular weight is 352 g/mol. The van der Waals surface area contributed by atoms with Crippen molar-refractivity contribution in [1.29, 1.82) is 0 Å². The zero-order valence-electron chi connectivity index (χ0n) is 15.8. The highest BCUT2D eigenvalue weighted by molar-refractivity contribution is 5.27. The van der Waals surface area contributed by atoms with Crippen LogP contribution < -0.4 is 5.73 Å². The monoisotopic (exact) mass is 351 g/mol. The number of fused-ring (bicyclic) bond motifs is 5. The van der Waals surface area contributed by atoms with E-state index in [2.05, 4.69) is 13.8 Å². The van der Waals surface area contributed by atoms with Gasteiger partial charge in [-0.15, -0.1) is 0 Å². The molecule has 0 aromatic rings. The van der Waals surface area contributed by atoms with Gasteiger partial charge in [-0.3, -0.25) is 0 Å². The van der Waals surface area contributed by atoms with Crippen molar-refractivity contribution >= 4 is 0 Å². The summed E-state index contributed by atoms with van der Waals surface area (Å²) in [5, 5.41) is 22.1. The van der Waals surface area contributed by atoms with Crippen molar-refractivity contribution in [2.24, 2.45) is 40.2 Å². The molecule has 0 radical (unpaired) electrons. The van der Waals surface area contributed by atoms with Crippen LogP contribution in [0.15, 0.2) is 11.4 Å². The Labute approximate surface area is 150 Å². The van der Waals surface area contributed by atoms with Gasteiger partial charge in [-0.2, -0.15) is 0 Å². The van der Waals surface area contributed by atoms with Crippen molar-refractivity contribution in [2.75, 3.05) is 0 Å². The molecule has 0 amide bonds. The van der Waals surface area contributed by atoms with Crippen molar-refractivity contribution in [3.05, 3.63) is 11.4 Å². The van der Waals surface area contributed by atoms with Crippen molar-refractivity contribution in [2.45, 2.75) is 84.0 Å². The third-order valence-corrected chi connectivity index (χ3v) is 8.99. The lowest BCUT2D eigenvalue weighted by Gasteiger charge is -2.63. The van der Waals surface area contributed by atoms with Crippen LogP contribution in [0.25, 0.3) is 0 Å². The van der Waals surface area contributed by atoms with Gasteiger partial charge < -0.3 is 15.9 Å². The molecule has 4 heteroatoms. The van der Waals surface area contributed by atoms with Crippen LogP contribution in [0.5, 0.6) is 0 Å². The number of hydrogen-bond donors (Lipinski definition) is 3. The van der Waals surface area contributed by atoms with E-state index in [1.165, 1.54) is 0 Å². The van der Waals surface area contributed by atoms with Crippen molar-refractivity contribution < 1.29 is 14.6 Å². The maximum Gasteiger partial charge on any atom is 0.0966 e. The van der Waals surface area contributed by atoms with Crippen molar-refractivity contribution in [1.82, 2.24) is 0 Å². The van der Waals surface area contributed by atoms with Crippen LogP contribution in [-0.4, -0.2) is 28.5 Å². The smallest absolute Gasteiger partial charge is 0.0966 e. The van der Waals surface area contributed by atoms with E-state index in [-0.39, 0.29) is 40.5 Å². The Kier molecular flexibility index (Phi) is 4.14. The van der Waals surface area contributed by atoms with E-state index in [1.54, 1.807) is 6.92 Å². The summed E-state index contributed by atoms with van der Waals surface area (Å²) < 4.78 is 14.2. The van der Waals surface area contributed by atoms with E-state index in [9.17, 15) is 14.6 Å². The number of hydrogen-bond acceptors (Lipinski definition) is 3. The molecule has 0 aromatic carbocycles. The Morgan fingerprint density at radius 3 is 2.44 bits per heavy atom. The Bertz CT molecular complexity index is 588. The first-order valence-corrected chi connectivity index (χ1v) is 10.2. The summed E-state index contributed by atoms with van der Waals surface area (Å²) >= 11 is 0. The standard InChI is InChI=1S/C21H34FNO2/c1-11(22)13-4-5-14-17-15(7-9-20(13,14)2)21(3)8-6-12(23)10-16(21)18(24)19(17)25/h12,14-19,24-25H,4-10,23H2,1-3H3/t12-,14?,15?,16?,17?,18-,19-,20-,21-/m1/s1. The molecule has 9 atom stereocenters. The first-order chi connectivity index (χ1) is 11.7. The molecule has 0 saturated heterocycles. The van der Waals surface area contributed by atoms with Crippen LogP contribution in [0.4, 0.5) is 4.39 Å². The predicted molar refractivity (Wildman–Crippen MR) is 96.3 cm³/mol. The van der Waals surface area contributed by atoms with Gasteiger partial charge in [0, 0.05) is 6.04 Å². The molecule has 0 heterocycles. The van der Waals surface area contributed by atoms with Crippen LogP contribution >= 0.6 is 0 Å². The van der Waals surface area contributed by atoms with E-state index in [0.717, 1.165) is 50.5 Å². The molecule has 0 bridgehead atoms. The fourth-order valence-electron chi connectivity index (χ4n) is 7.67. The SMILES string of the molecule is CC(F)=C1CCC2C3C(CC[C@]12C)[C@@]1(C)CC[C@@H](N)CC1[C@@H](O)[C@@H]3O. The lowest BCUT2D eigenvalue weighted by Crippen LogP contribution is -2.64. The number of aliphatic hydroxyl groups excluding tert-OH is 2. The van der Waals surface area contributed by atoms with Gasteiger partial charge in [0.15, 0.2) is 0 Å². The van der Waals surface area contributed by atoms with Crippen LogP contribution in [0.3, 0.4) is 0 Å². The highest BCUT2D eigenvalue weighted by Gasteiger charge is 2.64. The summed E-state index contributed by atoms with van der Waals surface area (Å²) in [5.41, 5.74) is 7.07. The molecule has 4 aliphatic carbocycles. The molecule has 142 valence electrons. The van der Waals surface area contributed by atoms with Gasteiger partial charge in [0.25, 0.3) is 0 Å². The first-order valence-electron chi connectivity index (χ1n) is 10.2. The third kappa shape index (κ3) is 2.33. The van der Waals surface area contributed by atoms with Crippen LogP contribution in [-0.2, 0) is 0 Å². The molecule has 4 saturated carbocycles. The molecule has 0 spiro atoms. The highest BCUT2D eigenvalue weighted by Crippen LogP contribution is 2.67. The highest BCUT2D eigenvalue weighted by atomic mass is 19.1. The zero-order chi connectivity index (χ0) is 18.1. The maximum absolute atomic E-state index is 14.2. The van der Waals surface area contributed by atoms with E-state index >= 15 is 0 Å². The number of nitrogens with two attached hydrogens (primary N) is 1. The van der Waals surface area contributed by atoms with Crippen LogP contribution in [0.2, 0.25) is 0 Å². The minimum absolute atomic E-state index is 0.0259. The topological polar surface area (TPSA) is 66.5 Å². The quantitative estimate of drug-likeness (QED) is 0.625. The van der Waals surface area contributed by atoms with E-state index in [4.69, 9.17) is 5.73 Å². The minimum atomic E-state index is -0.697. The fourth-order valence-corrected chi connectivity index (χ4v) is 7.67. The van der Waals surface area contributed by atoms with Gasteiger partial charge in [0.1, 0.15) is 0 Å². The largest absolute Gasteiger partial charge is 0.390 e. The maximum atomic E-state index is 14.2. The molecule has 3 nitrogen and oxygen atoms in total. The summed E-state index contributed by atoms with van der Waals surface area (Å²) in [6.07, 6.45) is 5.26. The first kappa shape index (κ1) is 17.9. The summed E-state index contributed by atoms with van der Waals surface area (Å²) in [4.78, 5) is 0. The second-order valence-electron chi connectivity index (χ2n) is 9.93. The molecular weight excluding hydrogens is 317 g/mol. The number of allylic oxidation sites excluding steroid dienone is 2. The molecule has 0 aliphatic heterocycles. The van der Waals surface area contributed by atoms with Gasteiger partial charge in [-0.25, -0.2) is 4.39 Å². The fraction of sp³-hybridized carbons (Fsp3) is 0.905. The van der Waals surface area contributed by atoms with Gasteiger partial charge in [0.2, 0.25) is 0 Å². The minimum Gasteiger partial charge on any atom is -0.390 e. The zero-order valence-corrected chi connectivity index (χ0v) is 15.8. The summed E-state index contributed by atoms with van der Waals surface area (Å²) in [7, 11) is 0.